The molecule has 0 radical (unpaired) electrons. The maximum absolute atomic E-state index is 13.7. The minimum Gasteiger partial charge on any atom is -0.340 e. The summed E-state index contributed by atoms with van der Waals surface area (Å²) < 4.78 is 26.9. The van der Waals surface area contributed by atoms with Crippen molar-refractivity contribution in [1.29, 1.82) is 0 Å². The van der Waals surface area contributed by atoms with E-state index in [1.165, 1.54) is 6.07 Å². The van der Waals surface area contributed by atoms with Gasteiger partial charge in [0.05, 0.1) is 11.1 Å². The van der Waals surface area contributed by atoms with Gasteiger partial charge in [-0.25, -0.2) is 13.8 Å². The predicted octanol–water partition coefficient (Wildman–Crippen LogP) is 3.60. The normalized spacial score (nSPS) is 27.1. The van der Waals surface area contributed by atoms with Crippen LogP contribution >= 0.6 is 0 Å². The molecule has 1 fully saturated rings. The number of nitrogens with one attached hydrogen (secondary N) is 1. The summed E-state index contributed by atoms with van der Waals surface area (Å²) in [7, 11) is 0. The largest absolute Gasteiger partial charge is 0.340 e. The number of nitrogens with two attached hydrogens (primary N) is 1. The highest BCUT2D eigenvalue weighted by atomic mass is 19.1. The van der Waals surface area contributed by atoms with Gasteiger partial charge in [-0.3, -0.25) is 0 Å². The number of nitrogens with zero attached hydrogens (tertiary/aromatic N) is 1. The molecule has 1 aliphatic rings. The smallest absolute Gasteiger partial charge is 0.153 e. The number of hydrogen-bond acceptors (Lipinski definition) is 2. The molecule has 0 bridgehead atoms. The lowest BCUT2D eigenvalue weighted by atomic mass is 9.76. The third-order valence-electron chi connectivity index (χ3n) is 4.55. The number of benzene rings is 1. The lowest BCUT2D eigenvalue weighted by Crippen LogP contribution is -2.41. The Balaban J connectivity index is 1.96. The molecule has 0 amide bonds. The second kappa shape index (κ2) is 4.81. The fraction of sp³-hybridized carbons (Fsp3) is 0.533. The molecular formula is C15H19F2N3. The monoisotopic (exact) mass is 279 g/mol. The molecular weight excluding hydrogens is 260 g/mol. The Labute approximate surface area is 116 Å². The van der Waals surface area contributed by atoms with Crippen LogP contribution < -0.4 is 5.73 Å². The fourth-order valence-electron chi connectivity index (χ4n) is 3.12. The van der Waals surface area contributed by atoms with Gasteiger partial charge in [0, 0.05) is 6.07 Å². The summed E-state index contributed by atoms with van der Waals surface area (Å²) in [6.07, 6.45) is 4.93. The lowest BCUT2D eigenvalue weighted by Gasteiger charge is -2.35. The van der Waals surface area contributed by atoms with E-state index in [0.29, 0.717) is 17.3 Å². The van der Waals surface area contributed by atoms with Gasteiger partial charge < -0.3 is 10.7 Å². The van der Waals surface area contributed by atoms with Crippen LogP contribution in [0.4, 0.5) is 8.78 Å². The molecule has 0 spiro atoms. The number of aromatic amines is 1. The van der Waals surface area contributed by atoms with Gasteiger partial charge in [-0.15, -0.1) is 0 Å². The standard InChI is InChI=1S/C15H19F2N3/c1-2-9-3-5-15(18,6-4-9)14-19-12-8-10(16)7-11(17)13(12)20-14/h7-9H,2-6,18H2,1H3,(H,19,20). The predicted molar refractivity (Wildman–Crippen MR) is 74.1 cm³/mol. The molecule has 3 rings (SSSR count). The Kier molecular flexibility index (Phi) is 3.24. The highest BCUT2D eigenvalue weighted by molar-refractivity contribution is 5.76. The van der Waals surface area contributed by atoms with Crippen LogP contribution in [-0.4, -0.2) is 9.97 Å². The maximum atomic E-state index is 13.7. The molecule has 1 aromatic carbocycles. The van der Waals surface area contributed by atoms with Gasteiger partial charge in [-0.05, 0) is 37.7 Å². The average molecular weight is 279 g/mol. The van der Waals surface area contributed by atoms with Crippen molar-refractivity contribution in [2.75, 3.05) is 0 Å². The van der Waals surface area contributed by atoms with E-state index in [1.807, 2.05) is 0 Å². The van der Waals surface area contributed by atoms with Gasteiger partial charge in [-0.1, -0.05) is 13.3 Å². The first-order valence-corrected chi connectivity index (χ1v) is 7.16. The Hall–Kier alpha value is -1.49. The molecule has 1 saturated carbocycles. The van der Waals surface area contributed by atoms with E-state index in [4.69, 9.17) is 5.73 Å². The molecule has 1 heterocycles. The maximum Gasteiger partial charge on any atom is 0.153 e. The Bertz CT molecular complexity index is 627. The molecule has 20 heavy (non-hydrogen) atoms. The molecule has 5 heteroatoms. The van der Waals surface area contributed by atoms with E-state index in [-0.39, 0.29) is 5.52 Å². The third-order valence-corrected chi connectivity index (χ3v) is 4.55. The molecule has 108 valence electrons. The zero-order valence-corrected chi connectivity index (χ0v) is 11.5. The third kappa shape index (κ3) is 2.20. The molecule has 3 N–H and O–H groups in total. The average Bonchev–Trinajstić information content (AvgIpc) is 2.84. The van der Waals surface area contributed by atoms with Crippen LogP contribution in [0, 0.1) is 17.6 Å². The van der Waals surface area contributed by atoms with Crippen molar-refractivity contribution >= 4 is 11.0 Å². The van der Waals surface area contributed by atoms with E-state index < -0.39 is 17.2 Å². The summed E-state index contributed by atoms with van der Waals surface area (Å²) >= 11 is 0. The van der Waals surface area contributed by atoms with Crippen molar-refractivity contribution < 1.29 is 8.78 Å². The number of imidazole rings is 1. The zero-order valence-electron chi connectivity index (χ0n) is 11.5. The van der Waals surface area contributed by atoms with Crippen molar-refractivity contribution in [3.8, 4) is 0 Å². The van der Waals surface area contributed by atoms with Crippen LogP contribution in [0.3, 0.4) is 0 Å². The first-order chi connectivity index (χ1) is 9.51. The van der Waals surface area contributed by atoms with Crippen LogP contribution in [0.15, 0.2) is 12.1 Å². The van der Waals surface area contributed by atoms with E-state index in [0.717, 1.165) is 38.2 Å². The van der Waals surface area contributed by atoms with Crippen LogP contribution in [0.2, 0.25) is 0 Å². The topological polar surface area (TPSA) is 54.7 Å². The summed E-state index contributed by atoms with van der Waals surface area (Å²) in [5.74, 6) is 0.0380. The number of hydrogen-bond donors (Lipinski definition) is 2. The summed E-state index contributed by atoms with van der Waals surface area (Å²) in [5.41, 5.74) is 6.44. The van der Waals surface area contributed by atoms with Gasteiger partial charge in [-0.2, -0.15) is 0 Å². The van der Waals surface area contributed by atoms with E-state index >= 15 is 0 Å². The highest BCUT2D eigenvalue weighted by Gasteiger charge is 2.35. The molecule has 2 aromatic rings. The lowest BCUT2D eigenvalue weighted by molar-refractivity contribution is 0.223. The molecule has 3 nitrogen and oxygen atoms in total. The second-order valence-corrected chi connectivity index (χ2v) is 5.88. The number of fused-ring (bicyclic) bond motifs is 1. The van der Waals surface area contributed by atoms with Gasteiger partial charge in [0.2, 0.25) is 0 Å². The van der Waals surface area contributed by atoms with Gasteiger partial charge >= 0.3 is 0 Å². The first-order valence-electron chi connectivity index (χ1n) is 7.16. The minimum absolute atomic E-state index is 0.170. The molecule has 0 aliphatic heterocycles. The highest BCUT2D eigenvalue weighted by Crippen LogP contribution is 2.38. The molecule has 1 aliphatic carbocycles. The van der Waals surface area contributed by atoms with Crippen LogP contribution in [0.1, 0.15) is 44.9 Å². The molecule has 0 unspecified atom stereocenters. The first kappa shape index (κ1) is 13.5. The van der Waals surface area contributed by atoms with E-state index in [1.54, 1.807) is 0 Å². The summed E-state index contributed by atoms with van der Waals surface area (Å²) in [6.45, 7) is 2.19. The number of halogens is 2. The van der Waals surface area contributed by atoms with Crippen LogP contribution in [0.5, 0.6) is 0 Å². The van der Waals surface area contributed by atoms with Gasteiger partial charge in [0.15, 0.2) is 5.82 Å². The van der Waals surface area contributed by atoms with Crippen molar-refractivity contribution in [3.05, 3.63) is 29.6 Å². The Morgan fingerprint density at radius 3 is 2.70 bits per heavy atom. The van der Waals surface area contributed by atoms with Crippen LogP contribution in [-0.2, 0) is 5.54 Å². The molecule has 0 saturated heterocycles. The number of aromatic nitrogens is 2. The Morgan fingerprint density at radius 2 is 2.05 bits per heavy atom. The molecule has 0 atom stereocenters. The fourth-order valence-corrected chi connectivity index (χ4v) is 3.12. The van der Waals surface area contributed by atoms with E-state index in [9.17, 15) is 8.78 Å². The van der Waals surface area contributed by atoms with Crippen molar-refractivity contribution in [2.24, 2.45) is 11.7 Å². The van der Waals surface area contributed by atoms with E-state index in [2.05, 4.69) is 16.9 Å². The quantitative estimate of drug-likeness (QED) is 0.882. The van der Waals surface area contributed by atoms with Crippen molar-refractivity contribution in [3.63, 3.8) is 0 Å². The van der Waals surface area contributed by atoms with Gasteiger partial charge in [0.1, 0.15) is 17.2 Å². The SMILES string of the molecule is CCC1CCC(N)(c2nc3c(F)cc(F)cc3[nH]2)CC1. The van der Waals surface area contributed by atoms with Crippen LogP contribution in [0.25, 0.3) is 11.0 Å². The molecule has 1 aromatic heterocycles. The zero-order chi connectivity index (χ0) is 14.3. The summed E-state index contributed by atoms with van der Waals surface area (Å²) in [6, 6.07) is 2.11. The van der Waals surface area contributed by atoms with Gasteiger partial charge in [0.25, 0.3) is 0 Å². The number of rotatable bonds is 2. The summed E-state index contributed by atoms with van der Waals surface area (Å²) in [4.78, 5) is 7.28. The summed E-state index contributed by atoms with van der Waals surface area (Å²) in [5, 5.41) is 0. The Morgan fingerprint density at radius 1 is 1.35 bits per heavy atom. The minimum atomic E-state index is -0.645. The number of H-pyrrole nitrogens is 1. The van der Waals surface area contributed by atoms with Crippen molar-refractivity contribution in [2.45, 2.75) is 44.6 Å². The van der Waals surface area contributed by atoms with Crippen molar-refractivity contribution in [1.82, 2.24) is 9.97 Å². The second-order valence-electron chi connectivity index (χ2n) is 5.88.